The average molecular weight is 248 g/mol. The van der Waals surface area contributed by atoms with Crippen molar-refractivity contribution in [2.75, 3.05) is 0 Å². The number of nitrogens with two attached hydrogens (primary N) is 1. The molecular formula is C15H24N2O. The minimum Gasteiger partial charge on any atom is -0.352 e. The summed E-state index contributed by atoms with van der Waals surface area (Å²) >= 11 is 0. The monoisotopic (exact) mass is 248 g/mol. The average Bonchev–Trinajstić information content (AvgIpc) is 2.38. The van der Waals surface area contributed by atoms with Gasteiger partial charge in [-0.2, -0.15) is 0 Å². The van der Waals surface area contributed by atoms with Crippen LogP contribution in [0.5, 0.6) is 0 Å². The first-order valence-corrected chi connectivity index (χ1v) is 6.65. The predicted molar refractivity (Wildman–Crippen MR) is 75.3 cm³/mol. The molecule has 0 radical (unpaired) electrons. The maximum atomic E-state index is 12.1. The molecule has 0 aliphatic carbocycles. The Hall–Kier alpha value is -1.35. The zero-order valence-electron chi connectivity index (χ0n) is 11.6. The molecule has 0 spiro atoms. The lowest BCUT2D eigenvalue weighted by Gasteiger charge is -2.27. The zero-order valence-corrected chi connectivity index (χ0v) is 11.6. The molecule has 3 nitrogen and oxygen atoms in total. The van der Waals surface area contributed by atoms with Crippen molar-refractivity contribution in [1.82, 2.24) is 5.32 Å². The molecule has 0 aromatic heterocycles. The van der Waals surface area contributed by atoms with E-state index in [1.807, 2.05) is 39.0 Å². The lowest BCUT2D eigenvalue weighted by atomic mass is 9.92. The second-order valence-corrected chi connectivity index (χ2v) is 4.93. The number of nitrogens with one attached hydrogen (secondary N) is 1. The largest absolute Gasteiger partial charge is 0.352 e. The maximum absolute atomic E-state index is 12.1. The molecular weight excluding hydrogens is 224 g/mol. The second-order valence-electron chi connectivity index (χ2n) is 4.93. The number of benzene rings is 1. The fraction of sp³-hybridized carbons (Fsp3) is 0.533. The summed E-state index contributed by atoms with van der Waals surface area (Å²) in [5.41, 5.74) is 6.56. The molecule has 0 saturated carbocycles. The molecule has 3 heteroatoms. The Kier molecular flexibility index (Phi) is 5.35. The van der Waals surface area contributed by atoms with Crippen LogP contribution in [-0.4, -0.2) is 17.5 Å². The van der Waals surface area contributed by atoms with Gasteiger partial charge in [-0.1, -0.05) is 44.2 Å². The quantitative estimate of drug-likeness (QED) is 0.811. The first-order valence-electron chi connectivity index (χ1n) is 6.65. The van der Waals surface area contributed by atoms with Gasteiger partial charge in [0.05, 0.1) is 5.54 Å². The van der Waals surface area contributed by atoms with Crippen molar-refractivity contribution in [2.45, 2.75) is 51.6 Å². The number of carbonyl (C=O) groups excluding carboxylic acids is 1. The molecule has 1 amide bonds. The number of hydrogen-bond donors (Lipinski definition) is 2. The first-order chi connectivity index (χ1) is 8.51. The Morgan fingerprint density at radius 2 is 1.83 bits per heavy atom. The highest BCUT2D eigenvalue weighted by Gasteiger charge is 2.30. The summed E-state index contributed by atoms with van der Waals surface area (Å²) in [6, 6.07) is 10.2. The Bertz CT molecular complexity index is 371. The minimum absolute atomic E-state index is 0.0454. The van der Waals surface area contributed by atoms with Gasteiger partial charge in [-0.25, -0.2) is 0 Å². The number of hydrogen-bond acceptors (Lipinski definition) is 2. The number of carbonyl (C=O) groups is 1. The van der Waals surface area contributed by atoms with Gasteiger partial charge in [0.2, 0.25) is 5.91 Å². The summed E-state index contributed by atoms with van der Waals surface area (Å²) in [6.07, 6.45) is 2.15. The normalized spacial score (nSPS) is 13.1. The SMILES string of the molecule is CCC(N)(CC)C(=O)NC(C)Cc1ccccc1. The highest BCUT2D eigenvalue weighted by Crippen LogP contribution is 2.12. The Balaban J connectivity index is 2.55. The van der Waals surface area contributed by atoms with E-state index in [0.29, 0.717) is 12.8 Å². The van der Waals surface area contributed by atoms with Crippen molar-refractivity contribution in [2.24, 2.45) is 5.73 Å². The van der Waals surface area contributed by atoms with E-state index in [2.05, 4.69) is 17.4 Å². The van der Waals surface area contributed by atoms with Crippen LogP contribution in [0.2, 0.25) is 0 Å². The van der Waals surface area contributed by atoms with Gasteiger partial charge in [0.1, 0.15) is 0 Å². The third-order valence-electron chi connectivity index (χ3n) is 3.48. The maximum Gasteiger partial charge on any atom is 0.240 e. The van der Waals surface area contributed by atoms with Gasteiger partial charge >= 0.3 is 0 Å². The molecule has 1 rings (SSSR count). The van der Waals surface area contributed by atoms with E-state index >= 15 is 0 Å². The zero-order chi connectivity index (χ0) is 13.6. The van der Waals surface area contributed by atoms with Gasteiger partial charge in [0.25, 0.3) is 0 Å². The van der Waals surface area contributed by atoms with Crippen LogP contribution in [0.25, 0.3) is 0 Å². The molecule has 1 atom stereocenters. The first kappa shape index (κ1) is 14.7. The molecule has 100 valence electrons. The van der Waals surface area contributed by atoms with Crippen LogP contribution in [-0.2, 0) is 11.2 Å². The molecule has 0 aliphatic heterocycles. The molecule has 18 heavy (non-hydrogen) atoms. The van der Waals surface area contributed by atoms with E-state index in [1.165, 1.54) is 5.56 Å². The van der Waals surface area contributed by atoms with Crippen LogP contribution in [0.4, 0.5) is 0 Å². The fourth-order valence-corrected chi connectivity index (χ4v) is 1.96. The van der Waals surface area contributed by atoms with Crippen molar-refractivity contribution < 1.29 is 4.79 Å². The Morgan fingerprint density at radius 3 is 2.33 bits per heavy atom. The summed E-state index contributed by atoms with van der Waals surface area (Å²) in [5.74, 6) is -0.0454. The third kappa shape index (κ3) is 3.84. The lowest BCUT2D eigenvalue weighted by molar-refractivity contribution is -0.127. The fourth-order valence-electron chi connectivity index (χ4n) is 1.96. The van der Waals surface area contributed by atoms with Gasteiger partial charge in [0, 0.05) is 6.04 Å². The second kappa shape index (κ2) is 6.55. The van der Waals surface area contributed by atoms with Gasteiger partial charge in [0.15, 0.2) is 0 Å². The molecule has 0 fully saturated rings. The molecule has 0 bridgehead atoms. The molecule has 3 N–H and O–H groups in total. The molecule has 1 aromatic rings. The molecule has 1 unspecified atom stereocenters. The van der Waals surface area contributed by atoms with E-state index in [9.17, 15) is 4.79 Å². The summed E-state index contributed by atoms with van der Waals surface area (Å²) < 4.78 is 0. The van der Waals surface area contributed by atoms with E-state index in [1.54, 1.807) is 0 Å². The highest BCUT2D eigenvalue weighted by atomic mass is 16.2. The minimum atomic E-state index is -0.731. The van der Waals surface area contributed by atoms with Crippen molar-refractivity contribution in [3.05, 3.63) is 35.9 Å². The van der Waals surface area contributed by atoms with Crippen molar-refractivity contribution in [3.63, 3.8) is 0 Å². The Labute approximate surface area is 110 Å². The van der Waals surface area contributed by atoms with Crippen molar-refractivity contribution in [1.29, 1.82) is 0 Å². The van der Waals surface area contributed by atoms with E-state index in [0.717, 1.165) is 6.42 Å². The van der Waals surface area contributed by atoms with E-state index in [-0.39, 0.29) is 11.9 Å². The lowest BCUT2D eigenvalue weighted by Crippen LogP contribution is -2.55. The van der Waals surface area contributed by atoms with Gasteiger partial charge in [-0.05, 0) is 31.7 Å². The summed E-state index contributed by atoms with van der Waals surface area (Å²) in [6.45, 7) is 5.91. The van der Waals surface area contributed by atoms with Crippen LogP contribution < -0.4 is 11.1 Å². The van der Waals surface area contributed by atoms with Gasteiger partial charge in [-0.15, -0.1) is 0 Å². The highest BCUT2D eigenvalue weighted by molar-refractivity contribution is 5.86. The van der Waals surface area contributed by atoms with E-state index in [4.69, 9.17) is 5.73 Å². The Morgan fingerprint density at radius 1 is 1.28 bits per heavy atom. The molecule has 1 aromatic carbocycles. The molecule has 0 aliphatic rings. The standard InChI is InChI=1S/C15H24N2O/c1-4-15(16,5-2)14(18)17-12(3)11-13-9-7-6-8-10-13/h6-10,12H,4-5,11,16H2,1-3H3,(H,17,18). The number of rotatable bonds is 6. The van der Waals surface area contributed by atoms with Crippen LogP contribution in [0.15, 0.2) is 30.3 Å². The van der Waals surface area contributed by atoms with Crippen molar-refractivity contribution >= 4 is 5.91 Å². The van der Waals surface area contributed by atoms with Crippen LogP contribution >= 0.6 is 0 Å². The summed E-state index contributed by atoms with van der Waals surface area (Å²) in [4.78, 5) is 12.1. The third-order valence-corrected chi connectivity index (χ3v) is 3.48. The van der Waals surface area contributed by atoms with Crippen molar-refractivity contribution in [3.8, 4) is 0 Å². The summed E-state index contributed by atoms with van der Waals surface area (Å²) in [7, 11) is 0. The van der Waals surface area contributed by atoms with Crippen LogP contribution in [0, 0.1) is 0 Å². The van der Waals surface area contributed by atoms with Gasteiger partial charge in [-0.3, -0.25) is 4.79 Å². The topological polar surface area (TPSA) is 55.1 Å². The predicted octanol–water partition coefficient (Wildman–Crippen LogP) is 2.25. The summed E-state index contributed by atoms with van der Waals surface area (Å²) in [5, 5.41) is 3.01. The van der Waals surface area contributed by atoms with Crippen LogP contribution in [0.1, 0.15) is 39.2 Å². The van der Waals surface area contributed by atoms with Gasteiger partial charge < -0.3 is 11.1 Å². The smallest absolute Gasteiger partial charge is 0.240 e. The number of amides is 1. The molecule has 0 saturated heterocycles. The van der Waals surface area contributed by atoms with Crippen LogP contribution in [0.3, 0.4) is 0 Å². The van der Waals surface area contributed by atoms with E-state index < -0.39 is 5.54 Å². The molecule has 0 heterocycles.